The Morgan fingerprint density at radius 3 is 2.50 bits per heavy atom. The Balaban J connectivity index is 0.00000625. The Morgan fingerprint density at radius 1 is 1.27 bits per heavy atom. The largest absolute Gasteiger partial charge is 0.497 e. The molecule has 0 aliphatic carbocycles. The number of hydrogen-bond donors (Lipinski definition) is 2. The van der Waals surface area contributed by atoms with Crippen molar-refractivity contribution < 1.29 is 14.3 Å². The molecule has 0 bridgehead atoms. The number of nitrogens with one attached hydrogen (secondary N) is 2. The predicted octanol–water partition coefficient (Wildman–Crippen LogP) is 2.24. The molecule has 0 aromatic heterocycles. The minimum absolute atomic E-state index is 0. The zero-order chi connectivity index (χ0) is 18.8. The second-order valence-electron chi connectivity index (χ2n) is 5.98. The average Bonchev–Trinajstić information content (AvgIpc) is 2.58. The minimum Gasteiger partial charge on any atom is -0.497 e. The van der Waals surface area contributed by atoms with E-state index in [0.717, 1.165) is 23.0 Å². The fraction of sp³-hybridized carbons (Fsp3) is 0.556. The van der Waals surface area contributed by atoms with E-state index in [1.165, 1.54) is 0 Å². The van der Waals surface area contributed by atoms with Crippen molar-refractivity contribution in [3.05, 3.63) is 23.8 Å². The predicted molar refractivity (Wildman–Crippen MR) is 116 cm³/mol. The molecule has 26 heavy (non-hydrogen) atoms. The lowest BCUT2D eigenvalue weighted by atomic mass is 10.2. The van der Waals surface area contributed by atoms with Crippen LogP contribution in [0, 0.1) is 0 Å². The quantitative estimate of drug-likeness (QED) is 0.341. The van der Waals surface area contributed by atoms with Crippen LogP contribution in [0.4, 0.5) is 0 Å². The highest BCUT2D eigenvalue weighted by molar-refractivity contribution is 14.0. The summed E-state index contributed by atoms with van der Waals surface area (Å²) in [4.78, 5) is 17.9. The van der Waals surface area contributed by atoms with Crippen LogP contribution in [-0.4, -0.2) is 57.7 Å². The molecule has 0 radical (unpaired) electrons. The van der Waals surface area contributed by atoms with Crippen molar-refractivity contribution in [2.45, 2.75) is 32.9 Å². The molecular formula is C18H31IN4O3. The Labute approximate surface area is 173 Å². The van der Waals surface area contributed by atoms with Crippen LogP contribution in [-0.2, 0) is 11.3 Å². The Hall–Kier alpha value is -1.71. The Kier molecular flexibility index (Phi) is 11.8. The van der Waals surface area contributed by atoms with Gasteiger partial charge in [0.1, 0.15) is 11.5 Å². The maximum absolute atomic E-state index is 11.7. The maximum Gasteiger partial charge on any atom is 0.221 e. The number of nitrogens with zero attached hydrogens (tertiary/aromatic N) is 2. The van der Waals surface area contributed by atoms with Gasteiger partial charge in [-0.2, -0.15) is 0 Å². The van der Waals surface area contributed by atoms with E-state index in [4.69, 9.17) is 9.47 Å². The third kappa shape index (κ3) is 8.11. The summed E-state index contributed by atoms with van der Waals surface area (Å²) in [6.07, 6.45) is 0.400. The number of carbonyl (C=O) groups excluding carboxylic acids is 1. The molecule has 0 aliphatic heterocycles. The van der Waals surface area contributed by atoms with Crippen LogP contribution >= 0.6 is 24.0 Å². The van der Waals surface area contributed by atoms with Gasteiger partial charge in [0, 0.05) is 51.3 Å². The molecule has 1 amide bonds. The van der Waals surface area contributed by atoms with Crippen LogP contribution in [0.2, 0.25) is 0 Å². The van der Waals surface area contributed by atoms with E-state index in [0.29, 0.717) is 19.5 Å². The van der Waals surface area contributed by atoms with Gasteiger partial charge in [-0.3, -0.25) is 9.79 Å². The summed E-state index contributed by atoms with van der Waals surface area (Å²) in [7, 11) is 6.92. The smallest absolute Gasteiger partial charge is 0.221 e. The number of ether oxygens (including phenoxy) is 2. The summed E-state index contributed by atoms with van der Waals surface area (Å²) in [6.45, 7) is 5.03. The molecule has 0 aliphatic rings. The van der Waals surface area contributed by atoms with E-state index >= 15 is 0 Å². The summed E-state index contributed by atoms with van der Waals surface area (Å²) < 4.78 is 10.7. The van der Waals surface area contributed by atoms with E-state index < -0.39 is 0 Å². The van der Waals surface area contributed by atoms with Crippen molar-refractivity contribution in [3.63, 3.8) is 0 Å². The first-order valence-corrected chi connectivity index (χ1v) is 8.33. The number of methoxy groups -OCH3 is 2. The van der Waals surface area contributed by atoms with Crippen LogP contribution in [0.5, 0.6) is 11.5 Å². The van der Waals surface area contributed by atoms with Gasteiger partial charge in [0.25, 0.3) is 0 Å². The van der Waals surface area contributed by atoms with Crippen LogP contribution in [0.15, 0.2) is 23.2 Å². The lowest BCUT2D eigenvalue weighted by Crippen LogP contribution is -2.40. The maximum atomic E-state index is 11.7. The lowest BCUT2D eigenvalue weighted by molar-refractivity contribution is -0.121. The van der Waals surface area contributed by atoms with Crippen molar-refractivity contribution in [3.8, 4) is 11.5 Å². The molecule has 7 nitrogen and oxygen atoms in total. The number of halogens is 1. The van der Waals surface area contributed by atoms with Gasteiger partial charge in [0.2, 0.25) is 5.91 Å². The van der Waals surface area contributed by atoms with Gasteiger partial charge in [-0.15, -0.1) is 24.0 Å². The van der Waals surface area contributed by atoms with Crippen molar-refractivity contribution in [2.75, 3.05) is 34.9 Å². The zero-order valence-corrected chi connectivity index (χ0v) is 18.8. The second-order valence-corrected chi connectivity index (χ2v) is 5.98. The van der Waals surface area contributed by atoms with E-state index in [1.807, 2.05) is 44.0 Å². The SMILES string of the molecule is CN=C(NCCC(=O)NC(C)C)N(C)Cc1ccc(OC)cc1OC.I. The van der Waals surface area contributed by atoms with Gasteiger partial charge in [0.15, 0.2) is 5.96 Å². The third-order valence-corrected chi connectivity index (χ3v) is 3.56. The topological polar surface area (TPSA) is 75.2 Å². The molecule has 8 heteroatoms. The highest BCUT2D eigenvalue weighted by Crippen LogP contribution is 2.25. The van der Waals surface area contributed by atoms with Crippen molar-refractivity contribution in [2.24, 2.45) is 4.99 Å². The molecule has 1 rings (SSSR count). The molecule has 1 aromatic rings. The van der Waals surface area contributed by atoms with Crippen molar-refractivity contribution >= 4 is 35.8 Å². The second kappa shape index (κ2) is 12.6. The number of carbonyl (C=O) groups is 1. The highest BCUT2D eigenvalue weighted by Gasteiger charge is 2.12. The van der Waals surface area contributed by atoms with Crippen LogP contribution in [0.25, 0.3) is 0 Å². The molecule has 148 valence electrons. The number of hydrogen-bond acceptors (Lipinski definition) is 4. The van der Waals surface area contributed by atoms with Gasteiger partial charge in [0.05, 0.1) is 14.2 Å². The number of rotatable bonds is 8. The van der Waals surface area contributed by atoms with Gasteiger partial charge >= 0.3 is 0 Å². The van der Waals surface area contributed by atoms with E-state index in [2.05, 4.69) is 15.6 Å². The zero-order valence-electron chi connectivity index (χ0n) is 16.5. The first kappa shape index (κ1) is 24.3. The van der Waals surface area contributed by atoms with Crippen LogP contribution in [0.1, 0.15) is 25.8 Å². The fourth-order valence-electron chi connectivity index (χ4n) is 2.38. The molecule has 0 saturated heterocycles. The molecule has 0 spiro atoms. The normalized spacial score (nSPS) is 10.8. The van der Waals surface area contributed by atoms with Gasteiger partial charge < -0.3 is 25.0 Å². The first-order chi connectivity index (χ1) is 11.9. The Morgan fingerprint density at radius 2 is 1.96 bits per heavy atom. The monoisotopic (exact) mass is 478 g/mol. The summed E-state index contributed by atoms with van der Waals surface area (Å²) in [6, 6.07) is 5.88. The minimum atomic E-state index is 0. The lowest BCUT2D eigenvalue weighted by Gasteiger charge is -2.23. The third-order valence-electron chi connectivity index (χ3n) is 3.56. The highest BCUT2D eigenvalue weighted by atomic mass is 127. The number of aliphatic imine (C=N–C) groups is 1. The van der Waals surface area contributed by atoms with Gasteiger partial charge in [-0.05, 0) is 26.0 Å². The average molecular weight is 478 g/mol. The number of amides is 1. The van der Waals surface area contributed by atoms with E-state index in [1.54, 1.807) is 21.3 Å². The number of benzene rings is 1. The van der Waals surface area contributed by atoms with Gasteiger partial charge in [-0.1, -0.05) is 0 Å². The van der Waals surface area contributed by atoms with E-state index in [-0.39, 0.29) is 35.9 Å². The van der Waals surface area contributed by atoms with Crippen LogP contribution in [0.3, 0.4) is 0 Å². The summed E-state index contributed by atoms with van der Waals surface area (Å²) in [5.74, 6) is 2.26. The van der Waals surface area contributed by atoms with Crippen molar-refractivity contribution in [1.82, 2.24) is 15.5 Å². The van der Waals surface area contributed by atoms with Crippen LogP contribution < -0.4 is 20.1 Å². The Bertz CT molecular complexity index is 594. The molecule has 2 N–H and O–H groups in total. The summed E-state index contributed by atoms with van der Waals surface area (Å²) in [5.41, 5.74) is 1.02. The molecule has 0 saturated carbocycles. The summed E-state index contributed by atoms with van der Waals surface area (Å²) in [5, 5.41) is 6.07. The molecule has 0 unspecified atom stereocenters. The molecule has 1 aromatic carbocycles. The molecule has 0 fully saturated rings. The number of guanidine groups is 1. The molecule has 0 heterocycles. The molecular weight excluding hydrogens is 447 g/mol. The molecule has 0 atom stereocenters. The van der Waals surface area contributed by atoms with Crippen molar-refractivity contribution in [1.29, 1.82) is 0 Å². The fourth-order valence-corrected chi connectivity index (χ4v) is 2.38. The standard InChI is InChI=1S/C18H30N4O3.HI/c1-13(2)21-17(23)9-10-20-18(19-3)22(4)12-14-7-8-15(24-5)11-16(14)25-6;/h7-8,11,13H,9-10,12H2,1-6H3,(H,19,20)(H,21,23);1H. The van der Waals surface area contributed by atoms with Gasteiger partial charge in [-0.25, -0.2) is 0 Å². The first-order valence-electron chi connectivity index (χ1n) is 8.33. The summed E-state index contributed by atoms with van der Waals surface area (Å²) >= 11 is 0. The van der Waals surface area contributed by atoms with E-state index in [9.17, 15) is 4.79 Å².